The van der Waals surface area contributed by atoms with Crippen molar-refractivity contribution in [2.45, 2.75) is 20.3 Å². The lowest BCUT2D eigenvalue weighted by Gasteiger charge is -2.10. The highest BCUT2D eigenvalue weighted by molar-refractivity contribution is 5.96. The number of nitrogens with one attached hydrogen (secondary N) is 3. The second-order valence-electron chi connectivity index (χ2n) is 7.43. The molecule has 0 aliphatic heterocycles. The Hall–Kier alpha value is -3.87. The quantitative estimate of drug-likeness (QED) is 0.411. The van der Waals surface area contributed by atoms with Crippen LogP contribution in [0.5, 0.6) is 0 Å². The molecular formula is C24H26N6O. The van der Waals surface area contributed by atoms with Crippen molar-refractivity contribution in [1.29, 1.82) is 0 Å². The SMILES string of the molecule is CCNc1cc(Nc2ccc(NC(=O)Cc3cn(C)c4ccccc34)cc2)nc(C)n1. The number of hydrogen-bond donors (Lipinski definition) is 3. The van der Waals surface area contributed by atoms with Gasteiger partial charge >= 0.3 is 0 Å². The lowest BCUT2D eigenvalue weighted by Crippen LogP contribution is -2.14. The summed E-state index contributed by atoms with van der Waals surface area (Å²) in [6, 6.07) is 17.6. The van der Waals surface area contributed by atoms with Gasteiger partial charge in [-0.1, -0.05) is 18.2 Å². The smallest absolute Gasteiger partial charge is 0.228 e. The van der Waals surface area contributed by atoms with Gasteiger partial charge in [0.25, 0.3) is 0 Å². The number of aryl methyl sites for hydroxylation is 2. The molecule has 0 spiro atoms. The van der Waals surface area contributed by atoms with E-state index in [0.29, 0.717) is 12.2 Å². The molecule has 0 bridgehead atoms. The molecule has 4 rings (SSSR count). The van der Waals surface area contributed by atoms with E-state index in [1.54, 1.807) is 0 Å². The van der Waals surface area contributed by atoms with Crippen LogP contribution in [0.4, 0.5) is 23.0 Å². The Kier molecular flexibility index (Phi) is 5.84. The van der Waals surface area contributed by atoms with E-state index in [-0.39, 0.29) is 5.91 Å². The van der Waals surface area contributed by atoms with Crippen molar-refractivity contribution in [3.8, 4) is 0 Å². The fraction of sp³-hybridized carbons (Fsp3) is 0.208. The maximum Gasteiger partial charge on any atom is 0.228 e. The summed E-state index contributed by atoms with van der Waals surface area (Å²) >= 11 is 0. The van der Waals surface area contributed by atoms with Gasteiger partial charge < -0.3 is 20.5 Å². The zero-order valence-corrected chi connectivity index (χ0v) is 17.9. The Morgan fingerprint density at radius 3 is 2.48 bits per heavy atom. The topological polar surface area (TPSA) is 83.9 Å². The van der Waals surface area contributed by atoms with E-state index in [2.05, 4.69) is 42.6 Å². The average molecular weight is 415 g/mol. The zero-order chi connectivity index (χ0) is 21.8. The predicted octanol–water partition coefficient (Wildman–Crippen LogP) is 4.63. The van der Waals surface area contributed by atoms with E-state index in [9.17, 15) is 4.79 Å². The Morgan fingerprint density at radius 2 is 1.71 bits per heavy atom. The number of hydrogen-bond acceptors (Lipinski definition) is 5. The van der Waals surface area contributed by atoms with Gasteiger partial charge in [-0.25, -0.2) is 9.97 Å². The molecule has 0 saturated carbocycles. The van der Waals surface area contributed by atoms with Gasteiger partial charge in [-0.2, -0.15) is 0 Å². The molecule has 0 saturated heterocycles. The molecular weight excluding hydrogens is 388 g/mol. The van der Waals surface area contributed by atoms with Crippen molar-refractivity contribution < 1.29 is 4.79 Å². The number of aromatic nitrogens is 3. The van der Waals surface area contributed by atoms with Crippen LogP contribution in [0.1, 0.15) is 18.3 Å². The second kappa shape index (κ2) is 8.87. The highest BCUT2D eigenvalue weighted by atomic mass is 16.1. The number of anilines is 4. The second-order valence-corrected chi connectivity index (χ2v) is 7.43. The van der Waals surface area contributed by atoms with Crippen molar-refractivity contribution in [2.75, 3.05) is 22.5 Å². The van der Waals surface area contributed by atoms with Crippen LogP contribution in [-0.2, 0) is 18.3 Å². The monoisotopic (exact) mass is 414 g/mol. The van der Waals surface area contributed by atoms with Crippen LogP contribution in [-0.4, -0.2) is 27.0 Å². The zero-order valence-electron chi connectivity index (χ0n) is 17.9. The minimum atomic E-state index is -0.0428. The number of amides is 1. The first-order chi connectivity index (χ1) is 15.0. The predicted molar refractivity (Wildman–Crippen MR) is 126 cm³/mol. The van der Waals surface area contributed by atoms with Crippen LogP contribution in [0.3, 0.4) is 0 Å². The molecule has 0 unspecified atom stereocenters. The van der Waals surface area contributed by atoms with Gasteiger partial charge in [-0.3, -0.25) is 4.79 Å². The summed E-state index contributed by atoms with van der Waals surface area (Å²) in [4.78, 5) is 21.4. The highest BCUT2D eigenvalue weighted by Gasteiger charge is 2.11. The van der Waals surface area contributed by atoms with E-state index in [4.69, 9.17) is 0 Å². The summed E-state index contributed by atoms with van der Waals surface area (Å²) in [5.74, 6) is 2.16. The largest absolute Gasteiger partial charge is 0.370 e. The molecule has 158 valence electrons. The van der Waals surface area contributed by atoms with Crippen LogP contribution in [0.15, 0.2) is 60.8 Å². The van der Waals surface area contributed by atoms with Gasteiger partial charge in [0.15, 0.2) is 0 Å². The number of carbonyl (C=O) groups is 1. The first-order valence-electron chi connectivity index (χ1n) is 10.3. The van der Waals surface area contributed by atoms with Crippen molar-refractivity contribution in [3.05, 3.63) is 72.2 Å². The standard InChI is InChI=1S/C24H26N6O/c1-4-25-22-14-23(27-16(2)26-22)28-18-9-11-19(12-10-18)29-24(31)13-17-15-30(3)21-8-6-5-7-20(17)21/h5-12,14-15H,4,13H2,1-3H3,(H,29,31)(H2,25,26,27,28). The number of rotatable bonds is 7. The van der Waals surface area contributed by atoms with Gasteiger partial charge in [0.05, 0.1) is 6.42 Å². The average Bonchev–Trinajstić information content (AvgIpc) is 3.05. The molecule has 0 aliphatic carbocycles. The maximum absolute atomic E-state index is 12.6. The van der Waals surface area contributed by atoms with Gasteiger partial charge in [0, 0.05) is 48.1 Å². The first-order valence-corrected chi connectivity index (χ1v) is 10.3. The molecule has 3 N–H and O–H groups in total. The molecule has 1 amide bonds. The van der Waals surface area contributed by atoms with Gasteiger partial charge in [-0.05, 0) is 49.7 Å². The first kappa shape index (κ1) is 20.4. The lowest BCUT2D eigenvalue weighted by molar-refractivity contribution is -0.115. The molecule has 31 heavy (non-hydrogen) atoms. The van der Waals surface area contributed by atoms with Crippen LogP contribution in [0.2, 0.25) is 0 Å². The summed E-state index contributed by atoms with van der Waals surface area (Å²) in [5, 5.41) is 10.6. The van der Waals surface area contributed by atoms with Crippen LogP contribution < -0.4 is 16.0 Å². The molecule has 0 radical (unpaired) electrons. The number of nitrogens with zero attached hydrogens (tertiary/aromatic N) is 3. The molecule has 0 aliphatic rings. The molecule has 2 aromatic carbocycles. The van der Waals surface area contributed by atoms with Gasteiger partial charge in [0.1, 0.15) is 17.5 Å². The number of para-hydroxylation sites is 1. The summed E-state index contributed by atoms with van der Waals surface area (Å²) in [6.07, 6.45) is 2.34. The fourth-order valence-electron chi connectivity index (χ4n) is 3.63. The van der Waals surface area contributed by atoms with E-state index in [0.717, 1.165) is 46.0 Å². The molecule has 2 aromatic heterocycles. The Labute approximate surface area is 181 Å². The molecule has 2 heterocycles. The highest BCUT2D eigenvalue weighted by Crippen LogP contribution is 2.22. The fourth-order valence-corrected chi connectivity index (χ4v) is 3.63. The van der Waals surface area contributed by atoms with Gasteiger partial charge in [-0.15, -0.1) is 0 Å². The third-order valence-corrected chi connectivity index (χ3v) is 4.97. The third kappa shape index (κ3) is 4.83. The van der Waals surface area contributed by atoms with E-state index < -0.39 is 0 Å². The lowest BCUT2D eigenvalue weighted by atomic mass is 10.1. The minimum absolute atomic E-state index is 0.0428. The van der Waals surface area contributed by atoms with Crippen LogP contribution in [0, 0.1) is 6.92 Å². The molecule has 4 aromatic rings. The third-order valence-electron chi connectivity index (χ3n) is 4.97. The summed E-state index contributed by atoms with van der Waals surface area (Å²) < 4.78 is 2.05. The van der Waals surface area contributed by atoms with Crippen molar-refractivity contribution in [1.82, 2.24) is 14.5 Å². The summed E-state index contributed by atoms with van der Waals surface area (Å²) in [5.41, 5.74) is 3.78. The normalized spacial score (nSPS) is 10.8. The van der Waals surface area contributed by atoms with E-state index >= 15 is 0 Å². The van der Waals surface area contributed by atoms with Crippen LogP contribution >= 0.6 is 0 Å². The van der Waals surface area contributed by atoms with Crippen molar-refractivity contribution >= 4 is 39.8 Å². The minimum Gasteiger partial charge on any atom is -0.370 e. The Bertz CT molecular complexity index is 1210. The summed E-state index contributed by atoms with van der Waals surface area (Å²) in [6.45, 7) is 4.68. The number of fused-ring (bicyclic) bond motifs is 1. The van der Waals surface area contributed by atoms with Crippen LogP contribution in [0.25, 0.3) is 10.9 Å². The molecule has 0 atom stereocenters. The maximum atomic E-state index is 12.6. The van der Waals surface area contributed by atoms with Gasteiger partial charge in [0.2, 0.25) is 5.91 Å². The Balaban J connectivity index is 1.41. The number of benzene rings is 2. The molecule has 0 fully saturated rings. The van der Waals surface area contributed by atoms with E-state index in [1.807, 2.05) is 69.6 Å². The summed E-state index contributed by atoms with van der Waals surface area (Å²) in [7, 11) is 2.00. The molecule has 7 nitrogen and oxygen atoms in total. The van der Waals surface area contributed by atoms with Crippen molar-refractivity contribution in [2.24, 2.45) is 7.05 Å². The number of carbonyl (C=O) groups excluding carboxylic acids is 1. The van der Waals surface area contributed by atoms with Crippen molar-refractivity contribution in [3.63, 3.8) is 0 Å². The van der Waals surface area contributed by atoms with E-state index in [1.165, 1.54) is 0 Å². The Morgan fingerprint density at radius 1 is 1.00 bits per heavy atom. The molecule has 7 heteroatoms.